The third kappa shape index (κ3) is 4.96. The van der Waals surface area contributed by atoms with Crippen molar-refractivity contribution in [2.24, 2.45) is 0 Å². The Morgan fingerprint density at radius 1 is 0.676 bits per heavy atom. The fourth-order valence-electron chi connectivity index (χ4n) is 4.76. The first-order chi connectivity index (χ1) is 17.8. The summed E-state index contributed by atoms with van der Waals surface area (Å²) in [6.45, 7) is 8.10. The number of aromatic nitrogens is 1. The molecule has 4 aromatic rings. The number of aryl methyl sites for hydroxylation is 4. The highest BCUT2D eigenvalue weighted by atomic mass is 16.5. The van der Waals surface area contributed by atoms with Gasteiger partial charge in [-0.25, -0.2) is 14.6 Å². The van der Waals surface area contributed by atoms with Gasteiger partial charge in [0.25, 0.3) is 0 Å². The molecule has 6 heteroatoms. The first-order valence-electron chi connectivity index (χ1n) is 12.0. The summed E-state index contributed by atoms with van der Waals surface area (Å²) in [6, 6.07) is 22.9. The summed E-state index contributed by atoms with van der Waals surface area (Å²) in [5.74, 6) is -1.06. The zero-order chi connectivity index (χ0) is 26.7. The van der Waals surface area contributed by atoms with Gasteiger partial charge in [-0.2, -0.15) is 0 Å². The number of carbonyl (C=O) groups excluding carboxylic acids is 2. The number of hydrogen-bond acceptors (Lipinski definition) is 6. The largest absolute Gasteiger partial charge is 0.465 e. The highest BCUT2D eigenvalue weighted by molar-refractivity contribution is 6.02. The quantitative estimate of drug-likeness (QED) is 0.268. The van der Waals surface area contributed by atoms with Crippen LogP contribution in [0.4, 0.5) is 17.1 Å². The van der Waals surface area contributed by atoms with Crippen molar-refractivity contribution in [3.63, 3.8) is 0 Å². The minimum absolute atomic E-state index is 0.141. The van der Waals surface area contributed by atoms with Gasteiger partial charge in [0.1, 0.15) is 0 Å². The molecule has 0 amide bonds. The normalized spacial score (nSPS) is 10.6. The second-order valence-electron chi connectivity index (χ2n) is 8.96. The fourth-order valence-corrected chi connectivity index (χ4v) is 4.76. The van der Waals surface area contributed by atoms with Gasteiger partial charge in [0, 0.05) is 11.3 Å². The van der Waals surface area contributed by atoms with Crippen LogP contribution in [-0.4, -0.2) is 31.1 Å². The van der Waals surface area contributed by atoms with Crippen LogP contribution < -0.4 is 4.90 Å². The van der Waals surface area contributed by atoms with E-state index >= 15 is 0 Å². The molecule has 0 spiro atoms. The molecule has 37 heavy (non-hydrogen) atoms. The number of nitrogens with zero attached hydrogens (tertiary/aromatic N) is 2. The van der Waals surface area contributed by atoms with E-state index in [4.69, 9.17) is 14.5 Å². The number of esters is 2. The average Bonchev–Trinajstić information content (AvgIpc) is 2.89. The van der Waals surface area contributed by atoms with Gasteiger partial charge in [-0.3, -0.25) is 0 Å². The molecule has 0 atom stereocenters. The highest BCUT2D eigenvalue weighted by Crippen LogP contribution is 2.41. The third-order valence-corrected chi connectivity index (χ3v) is 6.33. The van der Waals surface area contributed by atoms with E-state index in [-0.39, 0.29) is 5.69 Å². The molecule has 0 fully saturated rings. The Morgan fingerprint density at radius 3 is 1.89 bits per heavy atom. The van der Waals surface area contributed by atoms with Gasteiger partial charge in [-0.15, -0.1) is 0 Å². The molecule has 188 valence electrons. The van der Waals surface area contributed by atoms with Crippen LogP contribution in [0.1, 0.15) is 43.1 Å². The fraction of sp³-hybridized carbons (Fsp3) is 0.194. The van der Waals surface area contributed by atoms with Crippen LogP contribution in [0.15, 0.2) is 72.8 Å². The van der Waals surface area contributed by atoms with Crippen molar-refractivity contribution in [3.8, 4) is 11.3 Å². The van der Waals surface area contributed by atoms with E-state index in [0.717, 1.165) is 33.5 Å². The lowest BCUT2D eigenvalue weighted by atomic mass is 9.96. The van der Waals surface area contributed by atoms with Gasteiger partial charge in [0.05, 0.1) is 36.9 Å². The number of carbonyl (C=O) groups is 2. The molecule has 0 aliphatic heterocycles. The molecule has 1 heterocycles. The minimum Gasteiger partial charge on any atom is -0.465 e. The summed E-state index contributed by atoms with van der Waals surface area (Å²) in [7, 11) is 2.68. The number of hydrogen-bond donors (Lipinski definition) is 0. The van der Waals surface area contributed by atoms with Crippen LogP contribution in [0.25, 0.3) is 11.3 Å². The molecule has 0 unspecified atom stereocenters. The lowest BCUT2D eigenvalue weighted by Gasteiger charge is -2.29. The molecular formula is C31H30N2O4. The molecule has 1 aromatic heterocycles. The zero-order valence-corrected chi connectivity index (χ0v) is 22.0. The van der Waals surface area contributed by atoms with Crippen molar-refractivity contribution in [1.29, 1.82) is 0 Å². The van der Waals surface area contributed by atoms with E-state index in [2.05, 4.69) is 19.1 Å². The minimum atomic E-state index is -0.576. The van der Waals surface area contributed by atoms with Crippen LogP contribution in [0.2, 0.25) is 0 Å². The Hall–Kier alpha value is -4.45. The first-order valence-corrected chi connectivity index (χ1v) is 12.0. The third-order valence-electron chi connectivity index (χ3n) is 6.33. The second kappa shape index (κ2) is 10.7. The Morgan fingerprint density at radius 2 is 1.27 bits per heavy atom. The molecule has 0 saturated carbocycles. The highest BCUT2D eigenvalue weighted by Gasteiger charge is 2.27. The van der Waals surface area contributed by atoms with Gasteiger partial charge < -0.3 is 14.4 Å². The lowest BCUT2D eigenvalue weighted by Crippen LogP contribution is -2.20. The summed E-state index contributed by atoms with van der Waals surface area (Å²) in [5.41, 5.74) is 8.24. The van der Waals surface area contributed by atoms with Crippen molar-refractivity contribution >= 4 is 29.0 Å². The molecule has 0 aliphatic carbocycles. The number of benzene rings is 3. The second-order valence-corrected chi connectivity index (χ2v) is 8.96. The number of anilines is 3. The average molecular weight is 495 g/mol. The zero-order valence-electron chi connectivity index (χ0n) is 22.0. The number of rotatable bonds is 6. The number of pyridine rings is 1. The first kappa shape index (κ1) is 25.6. The predicted molar refractivity (Wildman–Crippen MR) is 146 cm³/mol. The topological polar surface area (TPSA) is 68.7 Å². The molecule has 4 rings (SSSR count). The molecule has 0 radical (unpaired) electrons. The van der Waals surface area contributed by atoms with Gasteiger partial charge in [-0.1, -0.05) is 48.0 Å². The summed E-state index contributed by atoms with van der Waals surface area (Å²) in [4.78, 5) is 32.6. The molecule has 0 aliphatic rings. The van der Waals surface area contributed by atoms with E-state index in [1.54, 1.807) is 12.1 Å². The smallest absolute Gasteiger partial charge is 0.358 e. The van der Waals surface area contributed by atoms with E-state index in [1.807, 2.05) is 74.2 Å². The molecular weight excluding hydrogens is 464 g/mol. The predicted octanol–water partition coefficient (Wildman–Crippen LogP) is 7.03. The van der Waals surface area contributed by atoms with Crippen molar-refractivity contribution in [1.82, 2.24) is 4.98 Å². The number of ether oxygens (including phenoxy) is 2. The summed E-state index contributed by atoms with van der Waals surface area (Å²) in [5, 5.41) is 0. The van der Waals surface area contributed by atoms with Crippen LogP contribution in [0, 0.1) is 27.7 Å². The van der Waals surface area contributed by atoms with Crippen LogP contribution in [-0.2, 0) is 9.47 Å². The summed E-state index contributed by atoms with van der Waals surface area (Å²) in [6.07, 6.45) is 0. The Bertz CT molecular complexity index is 1470. The number of methoxy groups -OCH3 is 2. The lowest BCUT2D eigenvalue weighted by molar-refractivity contribution is 0.0590. The standard InChI is InChI=1S/C31H30N2O4/c1-19-17-21(3)28(22(4)18-19)24-15-16-27(29(32-24)31(35)37-6)33(25-13-9-7-11-20(25)2)26-14-10-8-12-23(26)30(34)36-5/h7-18H,1-6H3. The van der Waals surface area contributed by atoms with Crippen molar-refractivity contribution in [2.45, 2.75) is 27.7 Å². The monoisotopic (exact) mass is 494 g/mol. The Kier molecular flexibility index (Phi) is 7.39. The molecule has 0 bridgehead atoms. The van der Waals surface area contributed by atoms with Crippen LogP contribution in [0.5, 0.6) is 0 Å². The van der Waals surface area contributed by atoms with Crippen LogP contribution >= 0.6 is 0 Å². The van der Waals surface area contributed by atoms with Gasteiger partial charge in [-0.05, 0) is 74.7 Å². The van der Waals surface area contributed by atoms with E-state index in [0.29, 0.717) is 22.6 Å². The molecule has 0 N–H and O–H groups in total. The van der Waals surface area contributed by atoms with Crippen molar-refractivity contribution in [3.05, 3.63) is 106 Å². The van der Waals surface area contributed by atoms with E-state index in [1.165, 1.54) is 14.2 Å². The Labute approximate surface area is 217 Å². The van der Waals surface area contributed by atoms with Gasteiger partial charge in [0.15, 0.2) is 5.69 Å². The maximum Gasteiger partial charge on any atom is 0.358 e. The summed E-state index contributed by atoms with van der Waals surface area (Å²) >= 11 is 0. The van der Waals surface area contributed by atoms with E-state index < -0.39 is 11.9 Å². The van der Waals surface area contributed by atoms with Gasteiger partial charge >= 0.3 is 11.9 Å². The SMILES string of the molecule is COC(=O)c1ccccc1N(c1ccccc1C)c1ccc(-c2c(C)cc(C)cc2C)nc1C(=O)OC. The van der Waals surface area contributed by atoms with Crippen molar-refractivity contribution in [2.75, 3.05) is 19.1 Å². The molecule has 0 saturated heterocycles. The maximum absolute atomic E-state index is 13.2. The summed E-state index contributed by atoms with van der Waals surface area (Å²) < 4.78 is 10.2. The molecule has 3 aromatic carbocycles. The van der Waals surface area contributed by atoms with Crippen LogP contribution in [0.3, 0.4) is 0 Å². The Balaban J connectivity index is 2.03. The van der Waals surface area contributed by atoms with E-state index in [9.17, 15) is 9.59 Å². The number of para-hydroxylation sites is 2. The van der Waals surface area contributed by atoms with Crippen molar-refractivity contribution < 1.29 is 19.1 Å². The maximum atomic E-state index is 13.2. The molecule has 6 nitrogen and oxygen atoms in total. The van der Waals surface area contributed by atoms with Gasteiger partial charge in [0.2, 0.25) is 0 Å².